The third-order valence-corrected chi connectivity index (χ3v) is 1.99. The molecule has 0 heterocycles. The van der Waals surface area contributed by atoms with Crippen LogP contribution in [0.1, 0.15) is 27.2 Å². The Labute approximate surface area is 82.0 Å². The van der Waals surface area contributed by atoms with Crippen LogP contribution in [0, 0.1) is 0 Å². The molecule has 0 aromatic heterocycles. The van der Waals surface area contributed by atoms with Crippen molar-refractivity contribution < 1.29 is 9.47 Å². The molecule has 13 heavy (non-hydrogen) atoms. The van der Waals surface area contributed by atoms with E-state index >= 15 is 0 Å². The number of rotatable bonds is 8. The molecule has 0 bridgehead atoms. The van der Waals surface area contributed by atoms with Gasteiger partial charge in [-0.15, -0.1) is 0 Å². The Morgan fingerprint density at radius 3 is 2.00 bits per heavy atom. The van der Waals surface area contributed by atoms with Crippen molar-refractivity contribution in [3.8, 4) is 0 Å². The van der Waals surface area contributed by atoms with E-state index in [9.17, 15) is 0 Å². The fraction of sp³-hybridized carbons (Fsp3) is 1.00. The van der Waals surface area contributed by atoms with Gasteiger partial charge in [-0.05, 0) is 27.4 Å². The highest BCUT2D eigenvalue weighted by Gasteiger charge is 2.08. The van der Waals surface area contributed by atoms with Crippen molar-refractivity contribution in [2.75, 3.05) is 33.4 Å². The van der Waals surface area contributed by atoms with E-state index in [1.807, 2.05) is 13.8 Å². The van der Waals surface area contributed by atoms with Gasteiger partial charge in [-0.1, -0.05) is 6.92 Å². The predicted molar refractivity (Wildman–Crippen MR) is 54.8 cm³/mol. The minimum Gasteiger partial charge on any atom is -0.353 e. The molecular formula is C10H23NO2. The molecule has 0 saturated carbocycles. The zero-order chi connectivity index (χ0) is 10.1. The van der Waals surface area contributed by atoms with E-state index < -0.39 is 0 Å². The Balaban J connectivity index is 3.55. The molecule has 0 rings (SSSR count). The van der Waals surface area contributed by atoms with Crippen LogP contribution >= 0.6 is 0 Å². The molecule has 0 radical (unpaired) electrons. The second-order valence-electron chi connectivity index (χ2n) is 3.02. The van der Waals surface area contributed by atoms with Gasteiger partial charge < -0.3 is 14.4 Å². The molecule has 0 amide bonds. The first-order valence-corrected chi connectivity index (χ1v) is 5.16. The van der Waals surface area contributed by atoms with Crippen molar-refractivity contribution in [3.05, 3.63) is 0 Å². The molecule has 0 aliphatic rings. The van der Waals surface area contributed by atoms with Crippen LogP contribution in [0.2, 0.25) is 0 Å². The first-order chi connectivity index (χ1) is 6.24. The van der Waals surface area contributed by atoms with Crippen molar-refractivity contribution in [3.63, 3.8) is 0 Å². The van der Waals surface area contributed by atoms with Gasteiger partial charge in [0.2, 0.25) is 0 Å². The van der Waals surface area contributed by atoms with E-state index in [-0.39, 0.29) is 6.29 Å². The fourth-order valence-corrected chi connectivity index (χ4v) is 1.07. The molecule has 3 nitrogen and oxygen atoms in total. The fourth-order valence-electron chi connectivity index (χ4n) is 1.07. The summed E-state index contributed by atoms with van der Waals surface area (Å²) in [4.78, 5) is 2.26. The SMILES string of the molecule is CCOC(CCN(C)CC)OCC. The minimum atomic E-state index is -0.0241. The Hall–Kier alpha value is -0.120. The lowest BCUT2D eigenvalue weighted by Crippen LogP contribution is -2.26. The minimum absolute atomic E-state index is 0.0241. The van der Waals surface area contributed by atoms with Crippen molar-refractivity contribution in [2.45, 2.75) is 33.5 Å². The average molecular weight is 189 g/mol. The lowest BCUT2D eigenvalue weighted by Gasteiger charge is -2.20. The summed E-state index contributed by atoms with van der Waals surface area (Å²) in [5.74, 6) is 0. The molecule has 0 unspecified atom stereocenters. The highest BCUT2D eigenvalue weighted by Crippen LogP contribution is 2.01. The number of hydrogen-bond acceptors (Lipinski definition) is 3. The Kier molecular flexibility index (Phi) is 8.40. The second kappa shape index (κ2) is 8.48. The summed E-state index contributed by atoms with van der Waals surface area (Å²) in [5.41, 5.74) is 0. The summed E-state index contributed by atoms with van der Waals surface area (Å²) in [5, 5.41) is 0. The average Bonchev–Trinajstić information content (AvgIpc) is 2.14. The number of hydrogen-bond donors (Lipinski definition) is 0. The zero-order valence-corrected chi connectivity index (χ0v) is 9.38. The quantitative estimate of drug-likeness (QED) is 0.543. The summed E-state index contributed by atoms with van der Waals surface area (Å²) in [7, 11) is 2.11. The first kappa shape index (κ1) is 12.9. The van der Waals surface area contributed by atoms with E-state index in [4.69, 9.17) is 9.47 Å². The van der Waals surface area contributed by atoms with E-state index in [0.717, 1.165) is 32.7 Å². The van der Waals surface area contributed by atoms with E-state index in [0.29, 0.717) is 0 Å². The second-order valence-corrected chi connectivity index (χ2v) is 3.02. The molecule has 0 aliphatic carbocycles. The Bertz CT molecular complexity index is 103. The molecule has 0 atom stereocenters. The summed E-state index contributed by atoms with van der Waals surface area (Å²) >= 11 is 0. The van der Waals surface area contributed by atoms with E-state index in [2.05, 4.69) is 18.9 Å². The van der Waals surface area contributed by atoms with E-state index in [1.165, 1.54) is 0 Å². The smallest absolute Gasteiger partial charge is 0.158 e. The van der Waals surface area contributed by atoms with Crippen LogP contribution in [0.4, 0.5) is 0 Å². The van der Waals surface area contributed by atoms with Crippen molar-refractivity contribution in [2.24, 2.45) is 0 Å². The van der Waals surface area contributed by atoms with Gasteiger partial charge in [0.1, 0.15) is 0 Å². The largest absolute Gasteiger partial charge is 0.353 e. The van der Waals surface area contributed by atoms with Crippen LogP contribution < -0.4 is 0 Å². The van der Waals surface area contributed by atoms with Crippen LogP contribution in [0.15, 0.2) is 0 Å². The molecule has 0 fully saturated rings. The molecule has 0 aromatic carbocycles. The summed E-state index contributed by atoms with van der Waals surface area (Å²) in [6.07, 6.45) is 0.926. The third-order valence-electron chi connectivity index (χ3n) is 1.99. The van der Waals surface area contributed by atoms with Crippen LogP contribution in [-0.2, 0) is 9.47 Å². The van der Waals surface area contributed by atoms with Crippen molar-refractivity contribution in [1.29, 1.82) is 0 Å². The van der Waals surface area contributed by atoms with Crippen LogP contribution in [0.3, 0.4) is 0 Å². The maximum Gasteiger partial charge on any atom is 0.158 e. The van der Waals surface area contributed by atoms with Gasteiger partial charge in [0, 0.05) is 26.2 Å². The summed E-state index contributed by atoms with van der Waals surface area (Å²) < 4.78 is 10.9. The van der Waals surface area contributed by atoms with Gasteiger partial charge in [0.15, 0.2) is 6.29 Å². The molecule has 0 N–H and O–H groups in total. The molecule has 0 aliphatic heterocycles. The number of ether oxygens (including phenoxy) is 2. The number of nitrogens with zero attached hydrogens (tertiary/aromatic N) is 1. The van der Waals surface area contributed by atoms with Gasteiger partial charge >= 0.3 is 0 Å². The Morgan fingerprint density at radius 1 is 1.08 bits per heavy atom. The first-order valence-electron chi connectivity index (χ1n) is 5.16. The standard InChI is InChI=1S/C10H23NO2/c1-5-11(4)9-8-10(12-6-2)13-7-3/h10H,5-9H2,1-4H3. The molecule has 80 valence electrons. The maximum absolute atomic E-state index is 5.43. The summed E-state index contributed by atoms with van der Waals surface area (Å²) in [6.45, 7) is 9.69. The van der Waals surface area contributed by atoms with Gasteiger partial charge in [0.05, 0.1) is 0 Å². The van der Waals surface area contributed by atoms with Crippen molar-refractivity contribution in [1.82, 2.24) is 4.90 Å². The summed E-state index contributed by atoms with van der Waals surface area (Å²) in [6, 6.07) is 0. The highest BCUT2D eigenvalue weighted by molar-refractivity contribution is 4.51. The van der Waals surface area contributed by atoms with Crippen LogP contribution in [-0.4, -0.2) is 44.5 Å². The molecule has 3 heteroatoms. The Morgan fingerprint density at radius 2 is 1.62 bits per heavy atom. The third kappa shape index (κ3) is 6.99. The van der Waals surface area contributed by atoms with Crippen molar-refractivity contribution >= 4 is 0 Å². The molecule has 0 spiro atoms. The lowest BCUT2D eigenvalue weighted by atomic mass is 10.4. The van der Waals surface area contributed by atoms with Gasteiger partial charge in [-0.25, -0.2) is 0 Å². The predicted octanol–water partition coefficient (Wildman–Crippen LogP) is 1.73. The highest BCUT2D eigenvalue weighted by atomic mass is 16.7. The monoisotopic (exact) mass is 189 g/mol. The molecular weight excluding hydrogens is 166 g/mol. The zero-order valence-electron chi connectivity index (χ0n) is 9.38. The normalized spacial score (nSPS) is 11.5. The maximum atomic E-state index is 5.43. The van der Waals surface area contributed by atoms with Gasteiger partial charge in [-0.2, -0.15) is 0 Å². The molecule has 0 saturated heterocycles. The van der Waals surface area contributed by atoms with Crippen LogP contribution in [0.25, 0.3) is 0 Å². The topological polar surface area (TPSA) is 21.7 Å². The van der Waals surface area contributed by atoms with Gasteiger partial charge in [0.25, 0.3) is 0 Å². The lowest BCUT2D eigenvalue weighted by molar-refractivity contribution is -0.141. The van der Waals surface area contributed by atoms with E-state index in [1.54, 1.807) is 0 Å². The van der Waals surface area contributed by atoms with Crippen LogP contribution in [0.5, 0.6) is 0 Å². The van der Waals surface area contributed by atoms with Gasteiger partial charge in [-0.3, -0.25) is 0 Å². The molecule has 0 aromatic rings.